The van der Waals surface area contributed by atoms with E-state index in [0.717, 1.165) is 11.3 Å². The van der Waals surface area contributed by atoms with Gasteiger partial charge < -0.3 is 11.1 Å². The number of aryl methyl sites for hydroxylation is 1. The Kier molecular flexibility index (Phi) is 3.57. The van der Waals surface area contributed by atoms with Gasteiger partial charge >= 0.3 is 0 Å². The molecular formula is C16H15N5O. The number of rotatable bonds is 3. The molecule has 0 radical (unpaired) electrons. The molecule has 0 atom stereocenters. The Morgan fingerprint density at radius 1 is 1.09 bits per heavy atom. The molecule has 3 rings (SSSR count). The molecule has 0 spiro atoms. The minimum Gasteiger partial charge on any atom is -0.382 e. The van der Waals surface area contributed by atoms with E-state index < -0.39 is 0 Å². The van der Waals surface area contributed by atoms with Crippen LogP contribution < -0.4 is 11.1 Å². The third-order valence-electron chi connectivity index (χ3n) is 3.23. The summed E-state index contributed by atoms with van der Waals surface area (Å²) >= 11 is 0. The molecule has 0 saturated heterocycles. The highest BCUT2D eigenvalue weighted by Gasteiger charge is 2.18. The van der Waals surface area contributed by atoms with Gasteiger partial charge in [-0.3, -0.25) is 4.79 Å². The van der Waals surface area contributed by atoms with Gasteiger partial charge in [0, 0.05) is 5.69 Å². The summed E-state index contributed by atoms with van der Waals surface area (Å²) in [4.78, 5) is 12.2. The fourth-order valence-corrected chi connectivity index (χ4v) is 2.04. The molecule has 110 valence electrons. The van der Waals surface area contributed by atoms with Crippen LogP contribution in [-0.2, 0) is 0 Å². The van der Waals surface area contributed by atoms with E-state index in [1.807, 2.05) is 49.4 Å². The maximum Gasteiger partial charge on any atom is 0.280 e. The Labute approximate surface area is 127 Å². The molecule has 3 N–H and O–H groups in total. The molecule has 2 aromatic carbocycles. The van der Waals surface area contributed by atoms with Crippen molar-refractivity contribution >= 4 is 17.4 Å². The number of hydrogen-bond donors (Lipinski definition) is 2. The van der Waals surface area contributed by atoms with Crippen LogP contribution in [0.3, 0.4) is 0 Å². The molecule has 1 amide bonds. The second-order valence-electron chi connectivity index (χ2n) is 4.89. The fraction of sp³-hybridized carbons (Fsp3) is 0.0625. The lowest BCUT2D eigenvalue weighted by Gasteiger charge is -2.05. The summed E-state index contributed by atoms with van der Waals surface area (Å²) in [5.74, 6) is -0.181. The summed E-state index contributed by atoms with van der Waals surface area (Å²) in [5, 5.41) is 10.6. The summed E-state index contributed by atoms with van der Waals surface area (Å²) in [7, 11) is 0. The van der Waals surface area contributed by atoms with E-state index >= 15 is 0 Å². The van der Waals surface area contributed by atoms with Crippen LogP contribution in [0.25, 0.3) is 5.69 Å². The predicted octanol–water partition coefficient (Wildman–Crippen LogP) is 2.41. The van der Waals surface area contributed by atoms with E-state index in [0.29, 0.717) is 5.69 Å². The maximum atomic E-state index is 12.2. The van der Waals surface area contributed by atoms with E-state index in [2.05, 4.69) is 15.6 Å². The minimum absolute atomic E-state index is 0.101. The predicted molar refractivity (Wildman–Crippen MR) is 84.9 cm³/mol. The topological polar surface area (TPSA) is 85.8 Å². The lowest BCUT2D eigenvalue weighted by atomic mass is 10.2. The molecule has 22 heavy (non-hydrogen) atoms. The number of carbonyl (C=O) groups excluding carboxylic acids is 1. The van der Waals surface area contributed by atoms with Crippen LogP contribution in [-0.4, -0.2) is 20.9 Å². The van der Waals surface area contributed by atoms with Crippen LogP contribution in [0.4, 0.5) is 11.5 Å². The highest BCUT2D eigenvalue weighted by atomic mass is 16.2. The molecule has 6 nitrogen and oxygen atoms in total. The van der Waals surface area contributed by atoms with E-state index in [4.69, 9.17) is 5.73 Å². The summed E-state index contributed by atoms with van der Waals surface area (Å²) < 4.78 is 1.44. The van der Waals surface area contributed by atoms with Crippen molar-refractivity contribution in [2.45, 2.75) is 6.92 Å². The molecule has 0 fully saturated rings. The van der Waals surface area contributed by atoms with Crippen molar-refractivity contribution in [3.63, 3.8) is 0 Å². The fourth-order valence-electron chi connectivity index (χ4n) is 2.04. The molecule has 0 aliphatic heterocycles. The van der Waals surface area contributed by atoms with Crippen molar-refractivity contribution in [2.24, 2.45) is 0 Å². The number of amides is 1. The van der Waals surface area contributed by atoms with Gasteiger partial charge in [-0.25, -0.2) is 0 Å². The Morgan fingerprint density at radius 3 is 2.45 bits per heavy atom. The average Bonchev–Trinajstić information content (AvgIpc) is 2.91. The molecule has 6 heteroatoms. The smallest absolute Gasteiger partial charge is 0.280 e. The number of carbonyl (C=O) groups is 1. The number of para-hydroxylation sites is 1. The number of anilines is 2. The zero-order chi connectivity index (χ0) is 15.5. The van der Waals surface area contributed by atoms with E-state index in [1.165, 1.54) is 4.68 Å². The van der Waals surface area contributed by atoms with Gasteiger partial charge in [0.2, 0.25) is 0 Å². The SMILES string of the molecule is Cc1ccc(-n2nnc(C(=O)Nc3ccccc3)c2N)cc1. The Bertz CT molecular complexity index is 793. The summed E-state index contributed by atoms with van der Waals surface area (Å²) in [6, 6.07) is 16.8. The number of nitrogens with zero attached hydrogens (tertiary/aromatic N) is 3. The standard InChI is InChI=1S/C16H15N5O/c1-11-7-9-13(10-8-11)21-15(17)14(19-20-21)16(22)18-12-5-3-2-4-6-12/h2-10H,17H2,1H3,(H,18,22). The first kappa shape index (κ1) is 13.8. The Balaban J connectivity index is 1.87. The van der Waals surface area contributed by atoms with Gasteiger partial charge in [0.1, 0.15) is 0 Å². The van der Waals surface area contributed by atoms with Crippen molar-refractivity contribution in [2.75, 3.05) is 11.1 Å². The molecular weight excluding hydrogens is 278 g/mol. The first-order valence-corrected chi connectivity index (χ1v) is 6.80. The van der Waals surface area contributed by atoms with Crippen LogP contribution in [0.5, 0.6) is 0 Å². The van der Waals surface area contributed by atoms with Gasteiger partial charge in [0.15, 0.2) is 11.5 Å². The number of benzene rings is 2. The van der Waals surface area contributed by atoms with Gasteiger partial charge in [0.25, 0.3) is 5.91 Å². The molecule has 0 unspecified atom stereocenters. The van der Waals surface area contributed by atoms with Gasteiger partial charge in [-0.1, -0.05) is 41.1 Å². The Morgan fingerprint density at radius 2 is 1.77 bits per heavy atom. The van der Waals surface area contributed by atoms with E-state index in [-0.39, 0.29) is 17.4 Å². The highest BCUT2D eigenvalue weighted by molar-refractivity contribution is 6.05. The van der Waals surface area contributed by atoms with Gasteiger partial charge in [0.05, 0.1) is 5.69 Å². The average molecular weight is 293 g/mol. The molecule has 0 saturated carbocycles. The van der Waals surface area contributed by atoms with Crippen molar-refractivity contribution in [3.8, 4) is 5.69 Å². The second-order valence-corrected chi connectivity index (χ2v) is 4.89. The first-order valence-electron chi connectivity index (χ1n) is 6.80. The summed E-state index contributed by atoms with van der Waals surface area (Å²) in [6.45, 7) is 1.99. The lowest BCUT2D eigenvalue weighted by molar-refractivity contribution is 0.102. The van der Waals surface area contributed by atoms with Crippen LogP contribution in [0.2, 0.25) is 0 Å². The highest BCUT2D eigenvalue weighted by Crippen LogP contribution is 2.17. The van der Waals surface area contributed by atoms with Crippen LogP contribution in [0, 0.1) is 6.92 Å². The second kappa shape index (κ2) is 5.69. The largest absolute Gasteiger partial charge is 0.382 e. The minimum atomic E-state index is -0.387. The van der Waals surface area contributed by atoms with Crippen molar-refractivity contribution < 1.29 is 4.79 Å². The van der Waals surface area contributed by atoms with Gasteiger partial charge in [-0.2, -0.15) is 4.68 Å². The van der Waals surface area contributed by atoms with Crippen molar-refractivity contribution in [3.05, 3.63) is 65.9 Å². The number of nitrogens with two attached hydrogens (primary N) is 1. The lowest BCUT2D eigenvalue weighted by Crippen LogP contribution is -2.14. The monoisotopic (exact) mass is 293 g/mol. The van der Waals surface area contributed by atoms with Crippen molar-refractivity contribution in [1.82, 2.24) is 15.0 Å². The number of aromatic nitrogens is 3. The molecule has 0 aliphatic rings. The van der Waals surface area contributed by atoms with Crippen LogP contribution >= 0.6 is 0 Å². The molecule has 0 aliphatic carbocycles. The molecule has 0 bridgehead atoms. The van der Waals surface area contributed by atoms with Gasteiger partial charge in [-0.05, 0) is 31.2 Å². The third-order valence-corrected chi connectivity index (χ3v) is 3.23. The van der Waals surface area contributed by atoms with Gasteiger partial charge in [-0.15, -0.1) is 5.10 Å². The van der Waals surface area contributed by atoms with Crippen LogP contribution in [0.15, 0.2) is 54.6 Å². The third kappa shape index (κ3) is 2.67. The van der Waals surface area contributed by atoms with Crippen LogP contribution in [0.1, 0.15) is 16.1 Å². The number of nitrogens with one attached hydrogen (secondary N) is 1. The molecule has 1 heterocycles. The normalized spacial score (nSPS) is 10.4. The Hall–Kier alpha value is -3.15. The summed E-state index contributed by atoms with van der Waals surface area (Å²) in [5.41, 5.74) is 8.67. The maximum absolute atomic E-state index is 12.2. The quantitative estimate of drug-likeness (QED) is 0.776. The van der Waals surface area contributed by atoms with E-state index in [9.17, 15) is 4.79 Å². The molecule has 3 aromatic rings. The van der Waals surface area contributed by atoms with Crippen molar-refractivity contribution in [1.29, 1.82) is 0 Å². The zero-order valence-corrected chi connectivity index (χ0v) is 12.0. The molecule has 1 aromatic heterocycles. The number of hydrogen-bond acceptors (Lipinski definition) is 4. The zero-order valence-electron chi connectivity index (χ0n) is 12.0. The van der Waals surface area contributed by atoms with E-state index in [1.54, 1.807) is 12.1 Å². The summed E-state index contributed by atoms with van der Waals surface area (Å²) in [6.07, 6.45) is 0. The number of nitrogen functional groups attached to an aromatic ring is 1. The first-order chi connectivity index (χ1) is 10.6.